The molecule has 1 N–H and O–H groups in total. The Bertz CT molecular complexity index is 208. The van der Waals surface area contributed by atoms with Crippen LogP contribution in [0.4, 0.5) is 0 Å². The molecule has 0 saturated carbocycles. The molecule has 4 heteroatoms. The van der Waals surface area contributed by atoms with E-state index in [1.54, 1.807) is 0 Å². The second-order valence-corrected chi connectivity index (χ2v) is 4.23. The average molecular weight is 215 g/mol. The van der Waals surface area contributed by atoms with Gasteiger partial charge in [-0.3, -0.25) is 9.69 Å². The van der Waals surface area contributed by atoms with Crippen molar-refractivity contribution in [3.05, 3.63) is 0 Å². The van der Waals surface area contributed by atoms with Gasteiger partial charge in [0.1, 0.15) is 0 Å². The molecule has 2 unspecified atom stereocenters. The topological polar surface area (TPSA) is 49.8 Å². The maximum absolute atomic E-state index is 10.9. The molecule has 0 amide bonds. The summed E-state index contributed by atoms with van der Waals surface area (Å²) in [5.41, 5.74) is 0. The summed E-state index contributed by atoms with van der Waals surface area (Å²) < 4.78 is 4.58. The Morgan fingerprint density at radius 1 is 1.60 bits per heavy atom. The number of esters is 1. The molecule has 0 aromatic heterocycles. The van der Waals surface area contributed by atoms with E-state index in [1.165, 1.54) is 7.11 Å². The summed E-state index contributed by atoms with van der Waals surface area (Å²) in [6.07, 6.45) is 2.43. The van der Waals surface area contributed by atoms with Gasteiger partial charge in [-0.15, -0.1) is 0 Å². The Morgan fingerprint density at radius 3 is 2.93 bits per heavy atom. The van der Waals surface area contributed by atoms with Gasteiger partial charge in [0.2, 0.25) is 0 Å². The SMILES string of the molecule is COC(=O)CCCN1CCC(C)C1CO. The van der Waals surface area contributed by atoms with E-state index in [2.05, 4.69) is 16.6 Å². The van der Waals surface area contributed by atoms with Crippen LogP contribution in [-0.2, 0) is 9.53 Å². The molecule has 1 aliphatic rings. The summed E-state index contributed by atoms with van der Waals surface area (Å²) >= 11 is 0. The number of hydrogen-bond acceptors (Lipinski definition) is 4. The first-order chi connectivity index (χ1) is 7.19. The van der Waals surface area contributed by atoms with Crippen LogP contribution in [0, 0.1) is 5.92 Å². The lowest BCUT2D eigenvalue weighted by Crippen LogP contribution is -2.36. The van der Waals surface area contributed by atoms with Crippen LogP contribution in [0.1, 0.15) is 26.2 Å². The number of aliphatic hydroxyl groups is 1. The molecule has 0 aliphatic carbocycles. The first-order valence-electron chi connectivity index (χ1n) is 5.60. The van der Waals surface area contributed by atoms with Crippen LogP contribution < -0.4 is 0 Å². The van der Waals surface area contributed by atoms with Crippen molar-refractivity contribution >= 4 is 5.97 Å². The Hall–Kier alpha value is -0.610. The lowest BCUT2D eigenvalue weighted by Gasteiger charge is -2.24. The smallest absolute Gasteiger partial charge is 0.305 e. The standard InChI is InChI=1S/C11H21NO3/c1-9-5-7-12(10(9)8-13)6-3-4-11(14)15-2/h9-10,13H,3-8H2,1-2H3. The highest BCUT2D eigenvalue weighted by Gasteiger charge is 2.29. The zero-order valence-electron chi connectivity index (χ0n) is 9.61. The largest absolute Gasteiger partial charge is 0.469 e. The summed E-state index contributed by atoms with van der Waals surface area (Å²) in [6.45, 7) is 4.30. The summed E-state index contributed by atoms with van der Waals surface area (Å²) in [7, 11) is 1.41. The van der Waals surface area contributed by atoms with Gasteiger partial charge in [0, 0.05) is 12.5 Å². The molecule has 1 aliphatic heterocycles. The fourth-order valence-electron chi connectivity index (χ4n) is 2.19. The van der Waals surface area contributed by atoms with Crippen molar-refractivity contribution in [3.63, 3.8) is 0 Å². The van der Waals surface area contributed by atoms with E-state index in [-0.39, 0.29) is 18.6 Å². The molecule has 1 heterocycles. The molecule has 88 valence electrons. The van der Waals surface area contributed by atoms with E-state index < -0.39 is 0 Å². The summed E-state index contributed by atoms with van der Waals surface area (Å²) in [4.78, 5) is 13.2. The van der Waals surface area contributed by atoms with Gasteiger partial charge in [-0.1, -0.05) is 6.92 Å². The minimum Gasteiger partial charge on any atom is -0.469 e. The van der Waals surface area contributed by atoms with Gasteiger partial charge in [-0.25, -0.2) is 0 Å². The molecule has 0 aromatic carbocycles. The van der Waals surface area contributed by atoms with Gasteiger partial charge in [0.05, 0.1) is 13.7 Å². The number of rotatable bonds is 5. The quantitative estimate of drug-likeness (QED) is 0.684. The van der Waals surface area contributed by atoms with Crippen LogP contribution in [0.25, 0.3) is 0 Å². The zero-order chi connectivity index (χ0) is 11.3. The van der Waals surface area contributed by atoms with E-state index in [9.17, 15) is 9.90 Å². The highest BCUT2D eigenvalue weighted by molar-refractivity contribution is 5.69. The number of carbonyl (C=O) groups is 1. The van der Waals surface area contributed by atoms with Crippen LogP contribution in [-0.4, -0.2) is 48.8 Å². The van der Waals surface area contributed by atoms with Gasteiger partial charge in [0.15, 0.2) is 0 Å². The van der Waals surface area contributed by atoms with Crippen LogP contribution in [0.3, 0.4) is 0 Å². The Labute approximate surface area is 91.2 Å². The minimum atomic E-state index is -0.150. The average Bonchev–Trinajstić information content (AvgIpc) is 2.59. The maximum atomic E-state index is 10.9. The third kappa shape index (κ3) is 3.47. The number of methoxy groups -OCH3 is 1. The van der Waals surface area contributed by atoms with E-state index >= 15 is 0 Å². The highest BCUT2D eigenvalue weighted by atomic mass is 16.5. The predicted octanol–water partition coefficient (Wildman–Crippen LogP) is 0.642. The van der Waals surface area contributed by atoms with Crippen LogP contribution in [0.15, 0.2) is 0 Å². The number of carbonyl (C=O) groups excluding carboxylic acids is 1. The molecule has 0 radical (unpaired) electrons. The summed E-state index contributed by atoms with van der Waals surface area (Å²) in [5.74, 6) is 0.413. The Morgan fingerprint density at radius 2 is 2.33 bits per heavy atom. The molecular formula is C11H21NO3. The van der Waals surface area contributed by atoms with Crippen molar-refractivity contribution in [3.8, 4) is 0 Å². The fourth-order valence-corrected chi connectivity index (χ4v) is 2.19. The summed E-state index contributed by atoms with van der Waals surface area (Å²) in [6, 6.07) is 0.280. The Kier molecular flexibility index (Phi) is 5.05. The first kappa shape index (κ1) is 12.5. The number of nitrogens with zero attached hydrogens (tertiary/aromatic N) is 1. The molecule has 1 rings (SSSR count). The first-order valence-corrected chi connectivity index (χ1v) is 5.60. The second kappa shape index (κ2) is 6.08. The molecular weight excluding hydrogens is 194 g/mol. The second-order valence-electron chi connectivity index (χ2n) is 4.23. The Balaban J connectivity index is 2.23. The molecule has 4 nitrogen and oxygen atoms in total. The molecule has 15 heavy (non-hydrogen) atoms. The van der Waals surface area contributed by atoms with E-state index in [0.717, 1.165) is 25.9 Å². The van der Waals surface area contributed by atoms with Crippen molar-refractivity contribution in [1.82, 2.24) is 4.90 Å². The van der Waals surface area contributed by atoms with Crippen molar-refractivity contribution in [2.24, 2.45) is 5.92 Å². The lowest BCUT2D eigenvalue weighted by atomic mass is 10.0. The molecule has 0 spiro atoms. The maximum Gasteiger partial charge on any atom is 0.305 e. The third-order valence-electron chi connectivity index (χ3n) is 3.24. The molecule has 0 aromatic rings. The van der Waals surface area contributed by atoms with E-state index in [0.29, 0.717) is 12.3 Å². The molecule has 2 atom stereocenters. The molecule has 1 fully saturated rings. The summed E-state index contributed by atoms with van der Waals surface area (Å²) in [5, 5.41) is 9.23. The van der Waals surface area contributed by atoms with E-state index in [1.807, 2.05) is 0 Å². The van der Waals surface area contributed by atoms with Gasteiger partial charge in [-0.2, -0.15) is 0 Å². The monoisotopic (exact) mass is 215 g/mol. The van der Waals surface area contributed by atoms with E-state index in [4.69, 9.17) is 0 Å². The highest BCUT2D eigenvalue weighted by Crippen LogP contribution is 2.23. The van der Waals surface area contributed by atoms with Crippen molar-refractivity contribution in [1.29, 1.82) is 0 Å². The van der Waals surface area contributed by atoms with Crippen molar-refractivity contribution in [2.75, 3.05) is 26.8 Å². The normalized spacial score (nSPS) is 26.9. The number of aliphatic hydroxyl groups excluding tert-OH is 1. The van der Waals surface area contributed by atoms with Gasteiger partial charge >= 0.3 is 5.97 Å². The van der Waals surface area contributed by atoms with Crippen LogP contribution >= 0.6 is 0 Å². The van der Waals surface area contributed by atoms with Crippen LogP contribution in [0.2, 0.25) is 0 Å². The van der Waals surface area contributed by atoms with Gasteiger partial charge < -0.3 is 9.84 Å². The number of ether oxygens (including phenoxy) is 1. The number of likely N-dealkylation sites (tertiary alicyclic amines) is 1. The lowest BCUT2D eigenvalue weighted by molar-refractivity contribution is -0.140. The van der Waals surface area contributed by atoms with Crippen molar-refractivity contribution in [2.45, 2.75) is 32.2 Å². The van der Waals surface area contributed by atoms with Gasteiger partial charge in [0.25, 0.3) is 0 Å². The van der Waals surface area contributed by atoms with Gasteiger partial charge in [-0.05, 0) is 31.8 Å². The fraction of sp³-hybridized carbons (Fsp3) is 0.909. The zero-order valence-corrected chi connectivity index (χ0v) is 9.61. The third-order valence-corrected chi connectivity index (χ3v) is 3.24. The van der Waals surface area contributed by atoms with Crippen LogP contribution in [0.5, 0.6) is 0 Å². The van der Waals surface area contributed by atoms with Crippen molar-refractivity contribution < 1.29 is 14.6 Å². The molecule has 0 bridgehead atoms. The number of hydrogen-bond donors (Lipinski definition) is 1. The molecule has 1 saturated heterocycles. The predicted molar refractivity (Wildman–Crippen MR) is 57.5 cm³/mol. The minimum absolute atomic E-state index is 0.150.